The molecule has 0 aliphatic rings. The van der Waals surface area contributed by atoms with E-state index in [1.165, 1.54) is 0 Å². The summed E-state index contributed by atoms with van der Waals surface area (Å²) in [5.41, 5.74) is 3.36. The van der Waals surface area contributed by atoms with Gasteiger partial charge in [0.1, 0.15) is 30.0 Å². The van der Waals surface area contributed by atoms with Crippen molar-refractivity contribution in [1.82, 2.24) is 9.97 Å². The first-order chi connectivity index (χ1) is 16.9. The predicted octanol–water partition coefficient (Wildman–Crippen LogP) is 5.55. The van der Waals surface area contributed by atoms with Crippen molar-refractivity contribution < 1.29 is 17.9 Å². The van der Waals surface area contributed by atoms with Crippen LogP contribution >= 0.6 is 11.6 Å². The Morgan fingerprint density at radius 2 is 1.81 bits per heavy atom. The third-order valence-corrected chi connectivity index (χ3v) is 6.87. The number of aryl methyl sites for hydroxylation is 1. The molecule has 190 valence electrons. The summed E-state index contributed by atoms with van der Waals surface area (Å²) < 4.78 is 34.7. The van der Waals surface area contributed by atoms with Crippen molar-refractivity contribution in [2.75, 3.05) is 12.9 Å². The Bertz CT molecular complexity index is 1380. The van der Waals surface area contributed by atoms with E-state index in [1.54, 1.807) is 6.20 Å². The maximum atomic E-state index is 11.6. The maximum absolute atomic E-state index is 11.6. The number of rotatable bonds is 10. The van der Waals surface area contributed by atoms with E-state index in [0.29, 0.717) is 34.4 Å². The molecule has 0 radical (unpaired) electrons. The Morgan fingerprint density at radius 3 is 2.42 bits per heavy atom. The molecule has 1 aromatic heterocycles. The van der Waals surface area contributed by atoms with Gasteiger partial charge >= 0.3 is 0 Å². The Hall–Kier alpha value is -3.15. The van der Waals surface area contributed by atoms with Crippen molar-refractivity contribution in [2.45, 2.75) is 51.9 Å². The molecule has 0 atom stereocenters. The lowest BCUT2D eigenvalue weighted by Crippen LogP contribution is -2.19. The molecule has 0 saturated heterocycles. The molecular weight excluding hydrogens is 498 g/mol. The lowest BCUT2D eigenvalue weighted by Gasteiger charge is -2.27. The van der Waals surface area contributed by atoms with Crippen molar-refractivity contribution in [3.8, 4) is 17.6 Å². The van der Waals surface area contributed by atoms with Crippen LogP contribution in [0.1, 0.15) is 61.0 Å². The lowest BCUT2D eigenvalue weighted by atomic mass is 9.77. The van der Waals surface area contributed by atoms with Crippen LogP contribution in [0.4, 0.5) is 0 Å². The summed E-state index contributed by atoms with van der Waals surface area (Å²) in [6, 6.07) is 13.6. The highest BCUT2D eigenvalue weighted by Crippen LogP contribution is 2.38. The minimum atomic E-state index is -3.23. The van der Waals surface area contributed by atoms with E-state index in [9.17, 15) is 13.7 Å². The largest absolute Gasteiger partial charge is 0.491 e. The second-order valence-electron chi connectivity index (χ2n) is 9.22. The molecule has 0 aliphatic carbocycles. The first-order valence-corrected chi connectivity index (χ1v) is 14.0. The fourth-order valence-electron chi connectivity index (χ4n) is 3.64. The van der Waals surface area contributed by atoms with Gasteiger partial charge in [-0.2, -0.15) is 5.26 Å². The summed E-state index contributed by atoms with van der Waals surface area (Å²) in [6.07, 6.45) is 3.58. The molecule has 9 heteroatoms. The van der Waals surface area contributed by atoms with Gasteiger partial charge in [0.2, 0.25) is 0 Å². The number of nitrogens with zero attached hydrogens (tertiary/aromatic N) is 3. The van der Waals surface area contributed by atoms with E-state index >= 15 is 0 Å². The zero-order chi connectivity index (χ0) is 26.5. The quantitative estimate of drug-likeness (QED) is 0.340. The molecule has 36 heavy (non-hydrogen) atoms. The van der Waals surface area contributed by atoms with Gasteiger partial charge in [-0.25, -0.2) is 18.4 Å². The third-order valence-electron chi connectivity index (χ3n) is 5.81. The highest BCUT2D eigenvalue weighted by atomic mass is 35.5. The van der Waals surface area contributed by atoms with Crippen LogP contribution in [0.3, 0.4) is 0 Å². The van der Waals surface area contributed by atoms with Gasteiger partial charge in [0.15, 0.2) is 15.6 Å². The standard InChI is InChI=1S/C27H30ClN3O4S/c1-6-11-34-26-19(14-29)12-21(13-23(26)28)27(3,4)20-7-9-22(10-8-20)35-16-24-18(2)15-30-25(31-24)17-36(5,32)33/h7-10,12-13,15H,6,11,16-17H2,1-5H3. The number of aromatic nitrogens is 2. The number of nitriles is 1. The smallest absolute Gasteiger partial charge is 0.155 e. The van der Waals surface area contributed by atoms with Gasteiger partial charge in [0, 0.05) is 17.9 Å². The first kappa shape index (κ1) is 27.4. The average molecular weight is 528 g/mol. The second-order valence-corrected chi connectivity index (χ2v) is 11.8. The molecule has 0 amide bonds. The molecule has 0 saturated carbocycles. The van der Waals surface area contributed by atoms with E-state index < -0.39 is 15.3 Å². The molecule has 0 bridgehead atoms. The molecule has 0 aliphatic heterocycles. The number of sulfone groups is 1. The Labute approximate surface area is 218 Å². The number of benzene rings is 2. The summed E-state index contributed by atoms with van der Waals surface area (Å²) in [5.74, 6) is 1.11. The zero-order valence-corrected chi connectivity index (χ0v) is 22.7. The molecule has 3 aromatic rings. The van der Waals surface area contributed by atoms with Crippen LogP contribution < -0.4 is 9.47 Å². The molecule has 7 nitrogen and oxygen atoms in total. The summed E-state index contributed by atoms with van der Waals surface area (Å²) in [4.78, 5) is 8.46. The predicted molar refractivity (Wildman–Crippen MR) is 140 cm³/mol. The van der Waals surface area contributed by atoms with E-state index in [1.807, 2.05) is 50.2 Å². The molecule has 2 aromatic carbocycles. The highest BCUT2D eigenvalue weighted by Gasteiger charge is 2.26. The second kappa shape index (κ2) is 11.3. The SMILES string of the molecule is CCCOc1c(Cl)cc(C(C)(C)c2ccc(OCc3nc(CS(C)(=O)=O)ncc3C)cc2)cc1C#N. The molecule has 0 N–H and O–H groups in total. The molecular formula is C27H30ClN3O4S. The average Bonchev–Trinajstić information content (AvgIpc) is 2.82. The Kier molecular flexibility index (Phi) is 8.59. The molecule has 1 heterocycles. The van der Waals surface area contributed by atoms with E-state index in [-0.39, 0.29) is 18.2 Å². The van der Waals surface area contributed by atoms with E-state index in [0.717, 1.165) is 29.4 Å². The summed E-state index contributed by atoms with van der Waals surface area (Å²) in [6.45, 7) is 8.66. The molecule has 0 fully saturated rings. The normalized spacial score (nSPS) is 11.7. The van der Waals surface area contributed by atoms with Crippen LogP contribution in [0.25, 0.3) is 0 Å². The van der Waals surface area contributed by atoms with Gasteiger partial charge in [-0.15, -0.1) is 0 Å². The minimum absolute atomic E-state index is 0.189. The minimum Gasteiger partial charge on any atom is -0.491 e. The monoisotopic (exact) mass is 527 g/mol. The number of halogens is 1. The van der Waals surface area contributed by atoms with Crippen LogP contribution in [0.2, 0.25) is 5.02 Å². The summed E-state index contributed by atoms with van der Waals surface area (Å²) in [7, 11) is -3.23. The molecule has 3 rings (SSSR count). The summed E-state index contributed by atoms with van der Waals surface area (Å²) in [5, 5.41) is 10.1. The third kappa shape index (κ3) is 6.74. The zero-order valence-electron chi connectivity index (χ0n) is 21.1. The van der Waals surface area contributed by atoms with Crippen molar-refractivity contribution in [3.63, 3.8) is 0 Å². The van der Waals surface area contributed by atoms with Crippen molar-refractivity contribution in [1.29, 1.82) is 5.26 Å². The maximum Gasteiger partial charge on any atom is 0.155 e. The number of ether oxygens (including phenoxy) is 2. The number of hydrogen-bond acceptors (Lipinski definition) is 7. The fourth-order valence-corrected chi connectivity index (χ4v) is 4.53. The van der Waals surface area contributed by atoms with Crippen LogP contribution in [-0.4, -0.2) is 31.2 Å². The summed E-state index contributed by atoms with van der Waals surface area (Å²) >= 11 is 6.49. The molecule has 0 spiro atoms. The van der Waals surface area contributed by atoms with Crippen LogP contribution in [0.15, 0.2) is 42.6 Å². The van der Waals surface area contributed by atoms with E-state index in [2.05, 4.69) is 29.9 Å². The fraction of sp³-hybridized carbons (Fsp3) is 0.370. The van der Waals surface area contributed by atoms with Gasteiger partial charge in [-0.3, -0.25) is 0 Å². The lowest BCUT2D eigenvalue weighted by molar-refractivity contribution is 0.299. The highest BCUT2D eigenvalue weighted by molar-refractivity contribution is 7.89. The topological polar surface area (TPSA) is 102 Å². The van der Waals surface area contributed by atoms with Gasteiger partial charge in [-0.05, 0) is 54.3 Å². The van der Waals surface area contributed by atoms with Crippen molar-refractivity contribution in [3.05, 3.63) is 81.4 Å². The van der Waals surface area contributed by atoms with Crippen LogP contribution in [-0.2, 0) is 27.6 Å². The Morgan fingerprint density at radius 1 is 1.11 bits per heavy atom. The van der Waals surface area contributed by atoms with Crippen LogP contribution in [0.5, 0.6) is 11.5 Å². The number of hydrogen-bond donors (Lipinski definition) is 0. The Balaban J connectivity index is 1.78. The van der Waals surface area contributed by atoms with Gasteiger partial charge in [0.25, 0.3) is 0 Å². The van der Waals surface area contributed by atoms with Gasteiger partial charge < -0.3 is 9.47 Å². The van der Waals surface area contributed by atoms with Gasteiger partial charge in [0.05, 0.1) is 22.9 Å². The first-order valence-electron chi connectivity index (χ1n) is 11.5. The van der Waals surface area contributed by atoms with Crippen LogP contribution in [0, 0.1) is 18.3 Å². The molecule has 0 unspecified atom stereocenters. The van der Waals surface area contributed by atoms with Gasteiger partial charge in [-0.1, -0.05) is 44.5 Å². The van der Waals surface area contributed by atoms with E-state index in [4.69, 9.17) is 21.1 Å². The van der Waals surface area contributed by atoms with Crippen molar-refractivity contribution in [2.24, 2.45) is 0 Å². The van der Waals surface area contributed by atoms with Crippen molar-refractivity contribution >= 4 is 21.4 Å².